The third-order valence-corrected chi connectivity index (χ3v) is 5.67. The van der Waals surface area contributed by atoms with Crippen molar-refractivity contribution in [2.75, 3.05) is 13.2 Å². The number of hydrogen-bond acceptors (Lipinski definition) is 4. The maximum absolute atomic E-state index is 5.93. The predicted octanol–water partition coefficient (Wildman–Crippen LogP) is 2.22. The molecule has 0 spiro atoms. The van der Waals surface area contributed by atoms with E-state index in [4.69, 9.17) is 18.3 Å². The van der Waals surface area contributed by atoms with E-state index in [1.807, 2.05) is 26.8 Å². The van der Waals surface area contributed by atoms with Crippen LogP contribution in [0, 0.1) is 0 Å². The number of ether oxygens (including phenoxy) is 2. The lowest BCUT2D eigenvalue weighted by Crippen LogP contribution is -2.40. The molecular weight excluding hydrogens is 272 g/mol. The van der Waals surface area contributed by atoms with E-state index in [2.05, 4.69) is 19.1 Å². The molecule has 4 nitrogen and oxygen atoms in total. The predicted molar refractivity (Wildman–Crippen MR) is 80.6 cm³/mol. The summed E-state index contributed by atoms with van der Waals surface area (Å²) in [6.45, 7) is 9.96. The summed E-state index contributed by atoms with van der Waals surface area (Å²) >= 11 is 0. The smallest absolute Gasteiger partial charge is 0.355 e. The SMILES string of the molecule is CCO[SiH](OCC)c1ccc2c(c1)COC(C)(CC)O2. The van der Waals surface area contributed by atoms with Crippen LogP contribution in [0.3, 0.4) is 0 Å². The molecule has 112 valence electrons. The van der Waals surface area contributed by atoms with Crippen molar-refractivity contribution < 1.29 is 18.3 Å². The maximum Gasteiger partial charge on any atom is 0.355 e. The largest absolute Gasteiger partial charge is 0.462 e. The van der Waals surface area contributed by atoms with Gasteiger partial charge >= 0.3 is 9.28 Å². The van der Waals surface area contributed by atoms with Crippen molar-refractivity contribution in [3.05, 3.63) is 23.8 Å². The first-order valence-electron chi connectivity index (χ1n) is 7.30. The number of fused-ring (bicyclic) bond motifs is 1. The van der Waals surface area contributed by atoms with Gasteiger partial charge in [-0.05, 0) is 31.2 Å². The van der Waals surface area contributed by atoms with Gasteiger partial charge in [-0.25, -0.2) is 0 Å². The summed E-state index contributed by atoms with van der Waals surface area (Å²) in [5, 5.41) is 1.14. The molecule has 0 N–H and O–H groups in total. The first kappa shape index (κ1) is 15.5. The minimum absolute atomic E-state index is 0.509. The lowest BCUT2D eigenvalue weighted by Gasteiger charge is -2.35. The standard InChI is InChI=1S/C15H24O4Si/c1-5-15(4)16-11-12-10-13(8-9-14(12)19-15)20(17-6-2)18-7-3/h8-10,20H,5-7,11H2,1-4H3. The summed E-state index contributed by atoms with van der Waals surface area (Å²) in [6, 6.07) is 6.17. The lowest BCUT2D eigenvalue weighted by molar-refractivity contribution is -0.194. The van der Waals surface area contributed by atoms with Gasteiger partial charge in [0.05, 0.1) is 6.61 Å². The number of benzene rings is 1. The summed E-state index contributed by atoms with van der Waals surface area (Å²) in [5.74, 6) is 0.399. The fourth-order valence-electron chi connectivity index (χ4n) is 2.17. The minimum atomic E-state index is -1.79. The van der Waals surface area contributed by atoms with Gasteiger partial charge in [-0.1, -0.05) is 13.0 Å². The number of rotatable bonds is 6. The van der Waals surface area contributed by atoms with E-state index in [0.717, 1.165) is 22.9 Å². The summed E-state index contributed by atoms with van der Waals surface area (Å²) < 4.78 is 23.3. The second-order valence-corrected chi connectivity index (χ2v) is 6.99. The fraction of sp³-hybridized carbons (Fsp3) is 0.600. The van der Waals surface area contributed by atoms with E-state index in [1.54, 1.807) is 0 Å². The Balaban J connectivity index is 2.20. The molecular formula is C15H24O4Si. The summed E-state index contributed by atoms with van der Waals surface area (Å²) in [4.78, 5) is 0. The van der Waals surface area contributed by atoms with Crippen LogP contribution in [0.1, 0.15) is 39.7 Å². The molecule has 0 bridgehead atoms. The van der Waals surface area contributed by atoms with Crippen molar-refractivity contribution in [3.63, 3.8) is 0 Å². The fourth-order valence-corrected chi connectivity index (χ4v) is 3.85. The molecule has 20 heavy (non-hydrogen) atoms. The van der Waals surface area contributed by atoms with Crippen molar-refractivity contribution in [2.45, 2.75) is 46.5 Å². The van der Waals surface area contributed by atoms with Crippen LogP contribution in [-0.2, 0) is 20.2 Å². The Kier molecular flexibility index (Phi) is 5.21. The molecule has 0 aliphatic carbocycles. The Morgan fingerprint density at radius 3 is 2.50 bits per heavy atom. The molecule has 1 aliphatic rings. The van der Waals surface area contributed by atoms with Crippen LogP contribution in [0.25, 0.3) is 0 Å². The van der Waals surface area contributed by atoms with Gasteiger partial charge in [0, 0.05) is 32.1 Å². The third-order valence-electron chi connectivity index (χ3n) is 3.49. The van der Waals surface area contributed by atoms with E-state index >= 15 is 0 Å². The van der Waals surface area contributed by atoms with Crippen molar-refractivity contribution in [2.24, 2.45) is 0 Å². The monoisotopic (exact) mass is 296 g/mol. The molecule has 0 aromatic heterocycles. The van der Waals surface area contributed by atoms with Crippen molar-refractivity contribution in [3.8, 4) is 5.75 Å². The second-order valence-electron chi connectivity index (χ2n) is 4.99. The van der Waals surface area contributed by atoms with E-state index in [0.29, 0.717) is 19.8 Å². The molecule has 0 saturated heterocycles. The Hall–Kier alpha value is -0.883. The van der Waals surface area contributed by atoms with E-state index in [-0.39, 0.29) is 0 Å². The van der Waals surface area contributed by atoms with Crippen molar-refractivity contribution in [1.29, 1.82) is 0 Å². The molecule has 1 aliphatic heterocycles. The zero-order valence-electron chi connectivity index (χ0n) is 12.8. The van der Waals surface area contributed by atoms with E-state index in [9.17, 15) is 0 Å². The molecule has 1 heterocycles. The molecule has 2 rings (SSSR count). The molecule has 1 aromatic rings. The maximum atomic E-state index is 5.93. The molecule has 1 aromatic carbocycles. The van der Waals surface area contributed by atoms with Gasteiger partial charge in [-0.15, -0.1) is 0 Å². The first-order chi connectivity index (χ1) is 9.61. The quantitative estimate of drug-likeness (QED) is 0.754. The summed E-state index contributed by atoms with van der Waals surface area (Å²) in [7, 11) is -1.79. The number of hydrogen-bond donors (Lipinski definition) is 0. The summed E-state index contributed by atoms with van der Waals surface area (Å²) in [5.41, 5.74) is 1.07. The van der Waals surface area contributed by atoms with Gasteiger partial charge in [0.2, 0.25) is 5.79 Å². The molecule has 1 unspecified atom stereocenters. The van der Waals surface area contributed by atoms with Gasteiger partial charge in [-0.3, -0.25) is 0 Å². The van der Waals surface area contributed by atoms with Gasteiger partial charge < -0.3 is 18.3 Å². The highest BCUT2D eigenvalue weighted by Crippen LogP contribution is 2.32. The van der Waals surface area contributed by atoms with Crippen LogP contribution in [0.4, 0.5) is 0 Å². The topological polar surface area (TPSA) is 36.9 Å². The molecule has 0 radical (unpaired) electrons. The lowest BCUT2D eigenvalue weighted by atomic mass is 10.1. The molecule has 0 amide bonds. The van der Waals surface area contributed by atoms with Gasteiger partial charge in [0.1, 0.15) is 5.75 Å². The molecule has 0 fully saturated rings. The highest BCUT2D eigenvalue weighted by atomic mass is 28.3. The van der Waals surface area contributed by atoms with Crippen LogP contribution in [0.2, 0.25) is 0 Å². The third kappa shape index (κ3) is 3.41. The van der Waals surface area contributed by atoms with Gasteiger partial charge in [0.25, 0.3) is 0 Å². The van der Waals surface area contributed by atoms with Crippen molar-refractivity contribution >= 4 is 14.5 Å². The Bertz CT molecular complexity index is 445. The molecule has 5 heteroatoms. The molecule has 1 atom stereocenters. The summed E-state index contributed by atoms with van der Waals surface area (Å²) in [6.07, 6.45) is 0.823. The first-order valence-corrected chi connectivity index (χ1v) is 8.83. The van der Waals surface area contributed by atoms with Crippen LogP contribution in [0.5, 0.6) is 5.75 Å². The zero-order valence-corrected chi connectivity index (χ0v) is 13.9. The second kappa shape index (κ2) is 6.71. The van der Waals surface area contributed by atoms with Crippen LogP contribution >= 0.6 is 0 Å². The van der Waals surface area contributed by atoms with Crippen LogP contribution in [-0.4, -0.2) is 28.3 Å². The average Bonchev–Trinajstić information content (AvgIpc) is 2.46. The highest BCUT2D eigenvalue weighted by molar-refractivity contribution is 6.61. The van der Waals surface area contributed by atoms with Crippen LogP contribution in [0.15, 0.2) is 18.2 Å². The highest BCUT2D eigenvalue weighted by Gasteiger charge is 2.31. The minimum Gasteiger partial charge on any atom is -0.462 e. The van der Waals surface area contributed by atoms with Gasteiger partial charge in [0.15, 0.2) is 0 Å². The molecule has 0 saturated carbocycles. The zero-order chi connectivity index (χ0) is 14.6. The Morgan fingerprint density at radius 1 is 1.20 bits per heavy atom. The Morgan fingerprint density at radius 2 is 1.90 bits per heavy atom. The van der Waals surface area contributed by atoms with E-state index in [1.165, 1.54) is 0 Å². The Labute approximate surface area is 122 Å². The van der Waals surface area contributed by atoms with Crippen LogP contribution < -0.4 is 9.92 Å². The average molecular weight is 296 g/mol. The van der Waals surface area contributed by atoms with Crippen molar-refractivity contribution in [1.82, 2.24) is 0 Å². The van der Waals surface area contributed by atoms with Gasteiger partial charge in [-0.2, -0.15) is 0 Å². The normalized spacial score (nSPS) is 21.6. The van der Waals surface area contributed by atoms with E-state index < -0.39 is 15.1 Å².